The summed E-state index contributed by atoms with van der Waals surface area (Å²) in [4.78, 5) is 17.2. The third-order valence-electron chi connectivity index (χ3n) is 2.13. The Hall–Kier alpha value is -2.32. The molecule has 0 atom stereocenters. The van der Waals surface area contributed by atoms with Crippen LogP contribution in [0.3, 0.4) is 0 Å². The van der Waals surface area contributed by atoms with Crippen molar-refractivity contribution >= 4 is 11.9 Å². The lowest BCUT2D eigenvalue weighted by Crippen LogP contribution is -2.16. The molecule has 0 unspecified atom stereocenters. The van der Waals surface area contributed by atoms with Gasteiger partial charge in [0.25, 0.3) is 11.9 Å². The number of aryl methyl sites for hydroxylation is 1. The zero-order valence-electron chi connectivity index (χ0n) is 10.6. The first-order chi connectivity index (χ1) is 8.36. The van der Waals surface area contributed by atoms with E-state index in [1.54, 1.807) is 7.05 Å². The monoisotopic (exact) mass is 250 g/mol. The van der Waals surface area contributed by atoms with Gasteiger partial charge in [0.05, 0.1) is 7.05 Å². The number of aromatic nitrogens is 7. The summed E-state index contributed by atoms with van der Waals surface area (Å²) >= 11 is 0. The lowest BCUT2D eigenvalue weighted by atomic mass is 9.96. The van der Waals surface area contributed by atoms with E-state index in [0.29, 0.717) is 5.82 Å². The van der Waals surface area contributed by atoms with E-state index in [4.69, 9.17) is 0 Å². The SMILES string of the molecule is Cn1nnc(NC(=O)c2n[nH]c(C(C)(C)C)n2)n1. The molecule has 0 aliphatic carbocycles. The first kappa shape index (κ1) is 12.1. The summed E-state index contributed by atoms with van der Waals surface area (Å²) < 4.78 is 0. The number of H-pyrrole nitrogens is 1. The first-order valence-electron chi connectivity index (χ1n) is 5.34. The number of amides is 1. The molecule has 2 heterocycles. The predicted octanol–water partition coefficient (Wildman–Crippen LogP) is -0.122. The van der Waals surface area contributed by atoms with Gasteiger partial charge in [-0.25, -0.2) is 4.98 Å². The Labute approximate surface area is 103 Å². The maximum atomic E-state index is 11.8. The van der Waals surface area contributed by atoms with Crippen LogP contribution >= 0.6 is 0 Å². The molecule has 2 aromatic heterocycles. The van der Waals surface area contributed by atoms with E-state index in [-0.39, 0.29) is 17.2 Å². The fraction of sp³-hybridized carbons (Fsp3) is 0.556. The van der Waals surface area contributed by atoms with Crippen LogP contribution in [-0.2, 0) is 12.5 Å². The molecule has 0 saturated heterocycles. The summed E-state index contributed by atoms with van der Waals surface area (Å²) in [5, 5.41) is 20.1. The lowest BCUT2D eigenvalue weighted by Gasteiger charge is -2.12. The van der Waals surface area contributed by atoms with E-state index in [2.05, 4.69) is 35.9 Å². The minimum atomic E-state index is -0.477. The summed E-state index contributed by atoms with van der Waals surface area (Å²) in [5.41, 5.74) is -0.198. The molecule has 0 bridgehead atoms. The van der Waals surface area contributed by atoms with Crippen LogP contribution in [0.15, 0.2) is 0 Å². The molecule has 0 saturated carbocycles. The van der Waals surface area contributed by atoms with E-state index in [9.17, 15) is 4.79 Å². The average Bonchev–Trinajstić information content (AvgIpc) is 2.85. The summed E-state index contributed by atoms with van der Waals surface area (Å²) in [5.74, 6) is 0.325. The van der Waals surface area contributed by atoms with E-state index in [1.165, 1.54) is 4.80 Å². The summed E-state index contributed by atoms with van der Waals surface area (Å²) in [7, 11) is 1.60. The second kappa shape index (κ2) is 4.17. The summed E-state index contributed by atoms with van der Waals surface area (Å²) in [6, 6.07) is 0. The van der Waals surface area contributed by atoms with Crippen LogP contribution in [0, 0.1) is 0 Å². The maximum absolute atomic E-state index is 11.8. The fourth-order valence-electron chi connectivity index (χ4n) is 1.19. The van der Waals surface area contributed by atoms with Gasteiger partial charge >= 0.3 is 0 Å². The number of carbonyl (C=O) groups is 1. The highest BCUT2D eigenvalue weighted by molar-refractivity contribution is 6.00. The standard InChI is InChI=1S/C9H14N8O/c1-9(2,3)7-10-5(12-13-7)6(18)11-8-14-16-17(4)15-8/h1-4H3,(H,10,12,13)(H,11,15,18). The van der Waals surface area contributed by atoms with Gasteiger partial charge in [-0.15, -0.1) is 10.2 Å². The van der Waals surface area contributed by atoms with Crippen LogP contribution < -0.4 is 5.32 Å². The van der Waals surface area contributed by atoms with Gasteiger partial charge < -0.3 is 0 Å². The van der Waals surface area contributed by atoms with E-state index in [0.717, 1.165) is 0 Å². The van der Waals surface area contributed by atoms with Gasteiger partial charge in [0.1, 0.15) is 5.82 Å². The Morgan fingerprint density at radius 3 is 2.61 bits per heavy atom. The van der Waals surface area contributed by atoms with Gasteiger partial charge in [-0.1, -0.05) is 25.9 Å². The third kappa shape index (κ3) is 2.50. The molecule has 2 aromatic rings. The number of tetrazole rings is 1. The van der Waals surface area contributed by atoms with Crippen LogP contribution in [0.1, 0.15) is 37.2 Å². The van der Waals surface area contributed by atoms with Crippen molar-refractivity contribution in [2.75, 3.05) is 5.32 Å². The Morgan fingerprint density at radius 2 is 2.11 bits per heavy atom. The van der Waals surface area contributed by atoms with Crippen molar-refractivity contribution in [2.45, 2.75) is 26.2 Å². The van der Waals surface area contributed by atoms with Crippen molar-refractivity contribution in [1.29, 1.82) is 0 Å². The molecule has 2 N–H and O–H groups in total. The zero-order chi connectivity index (χ0) is 13.3. The van der Waals surface area contributed by atoms with Crippen molar-refractivity contribution in [3.8, 4) is 0 Å². The number of nitrogens with one attached hydrogen (secondary N) is 2. The number of rotatable bonds is 2. The lowest BCUT2D eigenvalue weighted by molar-refractivity contribution is 0.101. The molecule has 0 spiro atoms. The summed E-state index contributed by atoms with van der Waals surface area (Å²) in [6.45, 7) is 5.91. The molecule has 0 aromatic carbocycles. The highest BCUT2D eigenvalue weighted by Gasteiger charge is 2.21. The molecule has 0 aliphatic rings. The van der Waals surface area contributed by atoms with E-state index in [1.807, 2.05) is 20.8 Å². The van der Waals surface area contributed by atoms with Gasteiger partial charge in [0, 0.05) is 5.41 Å². The van der Waals surface area contributed by atoms with E-state index >= 15 is 0 Å². The number of nitrogens with zero attached hydrogens (tertiary/aromatic N) is 6. The van der Waals surface area contributed by atoms with Crippen molar-refractivity contribution < 1.29 is 4.79 Å². The Kier molecular flexibility index (Phi) is 2.81. The molecule has 9 heteroatoms. The number of carbonyl (C=O) groups excluding carboxylic acids is 1. The third-order valence-corrected chi connectivity index (χ3v) is 2.13. The topological polar surface area (TPSA) is 114 Å². The Balaban J connectivity index is 2.12. The van der Waals surface area contributed by atoms with Crippen LogP contribution in [0.25, 0.3) is 0 Å². The molecule has 2 rings (SSSR count). The van der Waals surface area contributed by atoms with Crippen LogP contribution in [-0.4, -0.2) is 41.3 Å². The zero-order valence-corrected chi connectivity index (χ0v) is 10.6. The molecule has 96 valence electrons. The number of aromatic amines is 1. The highest BCUT2D eigenvalue weighted by atomic mass is 16.2. The molecule has 0 aliphatic heterocycles. The fourth-order valence-corrected chi connectivity index (χ4v) is 1.19. The quantitative estimate of drug-likeness (QED) is 0.767. The number of hydrogen-bond donors (Lipinski definition) is 2. The minimum Gasteiger partial charge on any atom is -0.285 e. The van der Waals surface area contributed by atoms with Crippen molar-refractivity contribution in [3.63, 3.8) is 0 Å². The van der Waals surface area contributed by atoms with Crippen molar-refractivity contribution in [2.24, 2.45) is 7.05 Å². The molecule has 1 amide bonds. The first-order valence-corrected chi connectivity index (χ1v) is 5.34. The Bertz CT molecular complexity index is 563. The van der Waals surface area contributed by atoms with Crippen LogP contribution in [0.5, 0.6) is 0 Å². The summed E-state index contributed by atoms with van der Waals surface area (Å²) in [6.07, 6.45) is 0. The van der Waals surface area contributed by atoms with Gasteiger partial charge in [-0.2, -0.15) is 4.80 Å². The molecule has 18 heavy (non-hydrogen) atoms. The Morgan fingerprint density at radius 1 is 1.39 bits per heavy atom. The molecule has 0 fully saturated rings. The normalized spacial score (nSPS) is 11.6. The predicted molar refractivity (Wildman–Crippen MR) is 61.8 cm³/mol. The van der Waals surface area contributed by atoms with E-state index < -0.39 is 5.91 Å². The van der Waals surface area contributed by atoms with Gasteiger partial charge in [-0.3, -0.25) is 15.2 Å². The second-order valence-electron chi connectivity index (χ2n) is 4.81. The molecule has 0 radical (unpaired) electrons. The smallest absolute Gasteiger partial charge is 0.285 e. The van der Waals surface area contributed by atoms with Crippen LogP contribution in [0.4, 0.5) is 5.95 Å². The van der Waals surface area contributed by atoms with Gasteiger partial charge in [0.15, 0.2) is 0 Å². The average molecular weight is 250 g/mol. The van der Waals surface area contributed by atoms with Gasteiger partial charge in [-0.05, 0) is 5.21 Å². The second-order valence-corrected chi connectivity index (χ2v) is 4.81. The van der Waals surface area contributed by atoms with Crippen molar-refractivity contribution in [1.82, 2.24) is 35.4 Å². The molecular formula is C9H14N8O. The van der Waals surface area contributed by atoms with Crippen molar-refractivity contribution in [3.05, 3.63) is 11.6 Å². The molecular weight excluding hydrogens is 236 g/mol. The molecule has 9 nitrogen and oxygen atoms in total. The highest BCUT2D eigenvalue weighted by Crippen LogP contribution is 2.17. The largest absolute Gasteiger partial charge is 0.297 e. The minimum absolute atomic E-state index is 0.0485. The van der Waals surface area contributed by atoms with Crippen LogP contribution in [0.2, 0.25) is 0 Å². The maximum Gasteiger partial charge on any atom is 0.297 e. The number of hydrogen-bond acceptors (Lipinski definition) is 6. The van der Waals surface area contributed by atoms with Gasteiger partial charge in [0.2, 0.25) is 5.82 Å². The number of anilines is 1.